The molecule has 0 radical (unpaired) electrons. The predicted octanol–water partition coefficient (Wildman–Crippen LogP) is 5.45. The Morgan fingerprint density at radius 1 is 0.844 bits per heavy atom. The van der Waals surface area contributed by atoms with Gasteiger partial charge in [0.1, 0.15) is 6.61 Å². The van der Waals surface area contributed by atoms with E-state index in [0.717, 1.165) is 11.1 Å². The number of sulfonamides is 1. The molecule has 4 aromatic carbocycles. The molecular weight excluding hydrogens is 600 g/mol. The molecule has 14 heteroatoms. The van der Waals surface area contributed by atoms with Gasteiger partial charge in [-0.05, 0) is 53.6 Å². The molecule has 1 atom stereocenters. The van der Waals surface area contributed by atoms with Crippen LogP contribution in [0, 0.1) is 0 Å². The summed E-state index contributed by atoms with van der Waals surface area (Å²) in [5, 5.41) is 17.1. The molecule has 1 aromatic heterocycles. The highest BCUT2D eigenvalue weighted by molar-refractivity contribution is 7.92. The Labute approximate surface area is 257 Å². The minimum absolute atomic E-state index is 0.0121. The van der Waals surface area contributed by atoms with Crippen molar-refractivity contribution in [2.24, 2.45) is 0 Å². The summed E-state index contributed by atoms with van der Waals surface area (Å²) < 4.78 is 34.2. The molecule has 5 rings (SSSR count). The lowest BCUT2D eigenvalue weighted by Gasteiger charge is -2.18. The number of aromatic nitrogens is 2. The van der Waals surface area contributed by atoms with Crippen LogP contribution in [0.15, 0.2) is 108 Å². The number of aliphatic carboxylic acids is 1. The Morgan fingerprint density at radius 2 is 1.58 bits per heavy atom. The van der Waals surface area contributed by atoms with Crippen molar-refractivity contribution in [3.8, 4) is 0 Å². The van der Waals surface area contributed by atoms with Crippen LogP contribution in [0.2, 0.25) is 0 Å². The maximum Gasteiger partial charge on any atom is 0.407 e. The van der Waals surface area contributed by atoms with E-state index in [0.29, 0.717) is 11.1 Å². The van der Waals surface area contributed by atoms with Crippen molar-refractivity contribution in [1.82, 2.24) is 15.3 Å². The number of amides is 3. The number of nitrogens with one attached hydrogen (secondary N) is 5. The van der Waals surface area contributed by atoms with Crippen molar-refractivity contribution >= 4 is 56.5 Å². The number of H-pyrrole nitrogens is 1. The number of carbonyl (C=O) groups excluding carboxylic acids is 2. The molecule has 0 bridgehead atoms. The third-order valence-corrected chi connectivity index (χ3v) is 7.83. The number of hydrogen-bond acceptors (Lipinski definition) is 7. The summed E-state index contributed by atoms with van der Waals surface area (Å²) in [5.41, 5.74) is 2.84. The third-order valence-electron chi connectivity index (χ3n) is 6.45. The molecule has 0 saturated heterocycles. The first-order valence-corrected chi connectivity index (χ1v) is 15.1. The molecule has 0 aliphatic rings. The zero-order valence-corrected chi connectivity index (χ0v) is 24.4. The Balaban J connectivity index is 1.24. The maximum atomic E-state index is 13.2. The van der Waals surface area contributed by atoms with E-state index in [9.17, 15) is 27.9 Å². The number of fused-ring (bicyclic) bond motifs is 1. The molecule has 3 amide bonds. The van der Waals surface area contributed by atoms with Crippen LogP contribution < -0.4 is 20.7 Å². The van der Waals surface area contributed by atoms with Crippen LogP contribution in [0.3, 0.4) is 0 Å². The Hall–Kier alpha value is -5.89. The lowest BCUT2D eigenvalue weighted by Crippen LogP contribution is -2.30. The third kappa shape index (κ3) is 8.36. The number of aromatic amines is 1. The first-order valence-electron chi connectivity index (χ1n) is 13.6. The van der Waals surface area contributed by atoms with Crippen LogP contribution in [0.1, 0.15) is 23.6 Å². The van der Waals surface area contributed by atoms with Gasteiger partial charge in [-0.2, -0.15) is 0 Å². The molecule has 0 spiro atoms. The molecule has 0 aliphatic carbocycles. The smallest absolute Gasteiger partial charge is 0.407 e. The van der Waals surface area contributed by atoms with E-state index in [1.807, 2.05) is 24.3 Å². The molecule has 1 heterocycles. The molecule has 0 saturated carbocycles. The molecule has 13 nitrogen and oxygen atoms in total. The summed E-state index contributed by atoms with van der Waals surface area (Å²) in [6.07, 6.45) is -1.30. The molecule has 45 heavy (non-hydrogen) atoms. The zero-order valence-electron chi connectivity index (χ0n) is 23.6. The number of benzene rings is 4. The molecular formula is C31H28N6O7S. The van der Waals surface area contributed by atoms with Crippen molar-refractivity contribution in [2.75, 3.05) is 15.4 Å². The Kier molecular flexibility index (Phi) is 9.24. The highest BCUT2D eigenvalue weighted by Gasteiger charge is 2.21. The van der Waals surface area contributed by atoms with Crippen LogP contribution in [0.4, 0.5) is 26.9 Å². The summed E-state index contributed by atoms with van der Waals surface area (Å²) in [6.45, 7) is -0.0121. The number of rotatable bonds is 11. The maximum absolute atomic E-state index is 13.2. The average molecular weight is 629 g/mol. The van der Waals surface area contributed by atoms with Crippen LogP contribution in [-0.4, -0.2) is 41.6 Å². The summed E-state index contributed by atoms with van der Waals surface area (Å²) in [7, 11) is -4.14. The highest BCUT2D eigenvalue weighted by atomic mass is 32.2. The summed E-state index contributed by atoms with van der Waals surface area (Å²) in [5.74, 6) is -0.956. The van der Waals surface area contributed by atoms with Crippen LogP contribution in [0.25, 0.3) is 11.0 Å². The molecule has 230 valence electrons. The summed E-state index contributed by atoms with van der Waals surface area (Å²) >= 11 is 0. The number of carboxylic acids is 1. The van der Waals surface area contributed by atoms with Gasteiger partial charge in [0.15, 0.2) is 0 Å². The minimum atomic E-state index is -4.14. The second-order valence-corrected chi connectivity index (χ2v) is 11.5. The van der Waals surface area contributed by atoms with Gasteiger partial charge < -0.3 is 25.5 Å². The van der Waals surface area contributed by atoms with Gasteiger partial charge in [0.25, 0.3) is 10.0 Å². The van der Waals surface area contributed by atoms with Gasteiger partial charge in [-0.1, -0.05) is 60.7 Å². The van der Waals surface area contributed by atoms with Crippen LogP contribution in [0.5, 0.6) is 0 Å². The second-order valence-electron chi connectivity index (χ2n) is 9.80. The highest BCUT2D eigenvalue weighted by Crippen LogP contribution is 2.24. The van der Waals surface area contributed by atoms with Gasteiger partial charge in [-0.25, -0.2) is 23.0 Å². The number of ether oxygens (including phenoxy) is 1. The number of alkyl carbamates (subject to hydrolysis) is 1. The average Bonchev–Trinajstić information content (AvgIpc) is 3.42. The SMILES string of the molecule is O=C(O)C[C@@H](NC(=O)OCc1ccccc1)c1cccc(NS(=O)(=O)c2cccc(NC(=O)Nc3nc4ccccc4[nH]3)c2)c1. The number of urea groups is 1. The number of nitrogens with zero attached hydrogens (tertiary/aromatic N) is 1. The molecule has 6 N–H and O–H groups in total. The summed E-state index contributed by atoms with van der Waals surface area (Å²) in [6, 6.07) is 26.2. The second kappa shape index (κ2) is 13.6. The first kappa shape index (κ1) is 30.6. The molecule has 0 aliphatic heterocycles. The fraction of sp³-hybridized carbons (Fsp3) is 0.0968. The summed E-state index contributed by atoms with van der Waals surface area (Å²) in [4.78, 5) is 43.7. The zero-order chi connectivity index (χ0) is 31.8. The molecule has 0 fully saturated rings. The van der Waals surface area contributed by atoms with Crippen molar-refractivity contribution in [3.05, 3.63) is 114 Å². The minimum Gasteiger partial charge on any atom is -0.481 e. The standard InChI is InChI=1S/C31H28N6O7S/c38-28(39)18-27(35-31(41)44-19-20-8-2-1-3-9-20)21-10-6-12-23(16-21)37-45(42,43)24-13-7-11-22(17-24)32-30(40)36-29-33-25-14-4-5-15-26(25)34-29/h1-17,27,37H,18-19H2,(H,35,41)(H,38,39)(H3,32,33,34,36,40)/t27-/m1/s1. The fourth-order valence-electron chi connectivity index (χ4n) is 4.39. The van der Waals surface area contributed by atoms with Crippen molar-refractivity contribution in [1.29, 1.82) is 0 Å². The quantitative estimate of drug-likeness (QED) is 0.111. The van der Waals surface area contributed by atoms with Gasteiger partial charge in [-0.15, -0.1) is 0 Å². The number of para-hydroxylation sites is 2. The number of imidazole rings is 1. The van der Waals surface area contributed by atoms with E-state index in [1.54, 1.807) is 36.4 Å². The van der Waals surface area contributed by atoms with Gasteiger partial charge in [0.05, 0.1) is 28.4 Å². The van der Waals surface area contributed by atoms with Gasteiger partial charge in [0.2, 0.25) is 5.95 Å². The van der Waals surface area contributed by atoms with E-state index < -0.39 is 40.6 Å². The van der Waals surface area contributed by atoms with E-state index >= 15 is 0 Å². The topological polar surface area (TPSA) is 192 Å². The van der Waals surface area contributed by atoms with Gasteiger partial charge in [-0.3, -0.25) is 14.8 Å². The van der Waals surface area contributed by atoms with Crippen molar-refractivity contribution in [3.63, 3.8) is 0 Å². The van der Waals surface area contributed by atoms with E-state index in [2.05, 4.69) is 30.6 Å². The van der Waals surface area contributed by atoms with E-state index in [-0.39, 0.29) is 28.8 Å². The largest absolute Gasteiger partial charge is 0.481 e. The van der Waals surface area contributed by atoms with Crippen molar-refractivity contribution in [2.45, 2.75) is 24.0 Å². The molecule has 5 aromatic rings. The Morgan fingerprint density at radius 3 is 2.36 bits per heavy atom. The lowest BCUT2D eigenvalue weighted by molar-refractivity contribution is -0.137. The van der Waals surface area contributed by atoms with Crippen molar-refractivity contribution < 1.29 is 32.6 Å². The number of anilines is 3. The van der Waals surface area contributed by atoms with Gasteiger partial charge >= 0.3 is 18.1 Å². The number of hydrogen-bond donors (Lipinski definition) is 6. The normalized spacial score (nSPS) is 11.7. The molecule has 0 unspecified atom stereocenters. The number of carboxylic acid groups (broad SMARTS) is 1. The fourth-order valence-corrected chi connectivity index (χ4v) is 5.48. The van der Waals surface area contributed by atoms with E-state index in [4.69, 9.17) is 4.74 Å². The lowest BCUT2D eigenvalue weighted by atomic mass is 10.0. The van der Waals surface area contributed by atoms with Crippen LogP contribution in [-0.2, 0) is 26.2 Å². The van der Waals surface area contributed by atoms with E-state index in [1.165, 1.54) is 42.5 Å². The predicted molar refractivity (Wildman–Crippen MR) is 167 cm³/mol. The monoisotopic (exact) mass is 628 g/mol. The van der Waals surface area contributed by atoms with Gasteiger partial charge in [0, 0.05) is 11.4 Å². The number of carbonyl (C=O) groups is 3. The Bertz CT molecular complexity index is 1910. The van der Waals surface area contributed by atoms with Crippen LogP contribution >= 0.6 is 0 Å². The first-order chi connectivity index (χ1) is 21.6.